The van der Waals surface area contributed by atoms with Crippen LogP contribution in [0.5, 0.6) is 0 Å². The minimum Gasteiger partial charge on any atom is -0.379 e. The summed E-state index contributed by atoms with van der Waals surface area (Å²) in [6, 6.07) is 28.4. The van der Waals surface area contributed by atoms with Gasteiger partial charge in [0.1, 0.15) is 5.82 Å². The monoisotopic (exact) mass is 567 g/mol. The number of anilines is 1. The van der Waals surface area contributed by atoms with Gasteiger partial charge < -0.3 is 19.4 Å². The first-order valence-corrected chi connectivity index (χ1v) is 15.8. The number of pyridine rings is 1. The van der Waals surface area contributed by atoms with Crippen LogP contribution in [0, 0.1) is 5.92 Å². The molecule has 0 radical (unpaired) electrons. The zero-order chi connectivity index (χ0) is 28.6. The van der Waals surface area contributed by atoms with Gasteiger partial charge in [0.05, 0.1) is 13.2 Å². The number of nitrogens with zero attached hydrogens (tertiary/aromatic N) is 5. The highest BCUT2D eigenvalue weighted by Crippen LogP contribution is 2.31. The van der Waals surface area contributed by atoms with Crippen LogP contribution >= 0.6 is 0 Å². The molecule has 0 N–H and O–H groups in total. The number of carbonyl (C=O) groups excluding carboxylic acids is 1. The van der Waals surface area contributed by atoms with Crippen LogP contribution in [0.4, 0.5) is 5.82 Å². The van der Waals surface area contributed by atoms with E-state index in [9.17, 15) is 4.79 Å². The fourth-order valence-electron chi connectivity index (χ4n) is 7.16. The maximum Gasteiger partial charge on any atom is 0.222 e. The van der Waals surface area contributed by atoms with Gasteiger partial charge in [0.2, 0.25) is 5.91 Å². The minimum atomic E-state index is 0.306. The molecule has 3 fully saturated rings. The highest BCUT2D eigenvalue weighted by atomic mass is 16.5. The summed E-state index contributed by atoms with van der Waals surface area (Å²) in [6.45, 7) is 10.0. The van der Waals surface area contributed by atoms with E-state index in [0.29, 0.717) is 30.2 Å². The smallest absolute Gasteiger partial charge is 0.222 e. The number of carbonyl (C=O) groups is 1. The minimum absolute atomic E-state index is 0.306. The topological polar surface area (TPSA) is 52.2 Å². The average molecular weight is 568 g/mol. The largest absolute Gasteiger partial charge is 0.379 e. The van der Waals surface area contributed by atoms with Crippen LogP contribution in [-0.2, 0) is 9.53 Å². The van der Waals surface area contributed by atoms with E-state index < -0.39 is 0 Å². The molecule has 3 aliphatic rings. The number of hydrogen-bond donors (Lipinski definition) is 0. The summed E-state index contributed by atoms with van der Waals surface area (Å²) in [6.07, 6.45) is 4.56. The maximum absolute atomic E-state index is 13.4. The molecule has 0 unspecified atom stereocenters. The number of benzene rings is 2. The normalized spacial score (nSPS) is 22.4. The summed E-state index contributed by atoms with van der Waals surface area (Å²) in [4.78, 5) is 27.6. The van der Waals surface area contributed by atoms with Crippen molar-refractivity contribution in [1.29, 1.82) is 0 Å². The molecule has 7 nitrogen and oxygen atoms in total. The molecular weight excluding hydrogens is 522 g/mol. The Kier molecular flexibility index (Phi) is 9.80. The molecule has 0 aliphatic carbocycles. The number of piperazine rings is 1. The molecule has 6 rings (SSSR count). The van der Waals surface area contributed by atoms with Crippen LogP contribution in [0.3, 0.4) is 0 Å². The molecule has 3 saturated heterocycles. The van der Waals surface area contributed by atoms with Gasteiger partial charge in [-0.3, -0.25) is 9.69 Å². The van der Waals surface area contributed by atoms with Crippen molar-refractivity contribution >= 4 is 11.7 Å². The lowest BCUT2D eigenvalue weighted by Gasteiger charge is -2.46. The Morgan fingerprint density at radius 1 is 0.810 bits per heavy atom. The second-order valence-electron chi connectivity index (χ2n) is 12.0. The van der Waals surface area contributed by atoms with E-state index in [2.05, 4.69) is 91.3 Å². The predicted octanol–water partition coefficient (Wildman–Crippen LogP) is 4.37. The zero-order valence-corrected chi connectivity index (χ0v) is 24.8. The van der Waals surface area contributed by atoms with Crippen molar-refractivity contribution in [2.24, 2.45) is 5.92 Å². The lowest BCUT2D eigenvalue weighted by Crippen LogP contribution is -2.54. The molecular formula is C35H45N5O2. The summed E-state index contributed by atoms with van der Waals surface area (Å²) < 4.78 is 5.69. The Balaban J connectivity index is 1.10. The van der Waals surface area contributed by atoms with Gasteiger partial charge in [-0.05, 0) is 48.6 Å². The van der Waals surface area contributed by atoms with Gasteiger partial charge in [-0.1, -0.05) is 66.7 Å². The molecule has 3 aliphatic heterocycles. The number of ether oxygens (including phenoxy) is 1. The summed E-state index contributed by atoms with van der Waals surface area (Å²) in [5, 5.41) is 0. The zero-order valence-electron chi connectivity index (χ0n) is 24.8. The predicted molar refractivity (Wildman–Crippen MR) is 168 cm³/mol. The summed E-state index contributed by atoms with van der Waals surface area (Å²) in [7, 11) is 0. The van der Waals surface area contributed by atoms with Gasteiger partial charge >= 0.3 is 0 Å². The molecule has 4 heterocycles. The van der Waals surface area contributed by atoms with Gasteiger partial charge in [0, 0.05) is 76.9 Å². The van der Waals surface area contributed by atoms with Crippen LogP contribution in [0.25, 0.3) is 0 Å². The number of hydrogen-bond acceptors (Lipinski definition) is 6. The van der Waals surface area contributed by atoms with Crippen LogP contribution in [0.15, 0.2) is 85.1 Å². The van der Waals surface area contributed by atoms with E-state index in [4.69, 9.17) is 4.74 Å². The Morgan fingerprint density at radius 3 is 2.12 bits per heavy atom. The molecule has 3 aromatic rings. The number of morpholine rings is 1. The van der Waals surface area contributed by atoms with Gasteiger partial charge in [-0.25, -0.2) is 4.98 Å². The maximum atomic E-state index is 13.4. The van der Waals surface area contributed by atoms with E-state index in [0.717, 1.165) is 90.8 Å². The Morgan fingerprint density at radius 2 is 1.48 bits per heavy atom. The van der Waals surface area contributed by atoms with E-state index in [1.54, 1.807) is 0 Å². The molecule has 2 atom stereocenters. The number of amides is 1. The van der Waals surface area contributed by atoms with Crippen molar-refractivity contribution in [3.8, 4) is 0 Å². The van der Waals surface area contributed by atoms with Crippen molar-refractivity contribution in [2.75, 3.05) is 77.0 Å². The fourth-order valence-corrected chi connectivity index (χ4v) is 7.16. The first-order chi connectivity index (χ1) is 20.7. The van der Waals surface area contributed by atoms with Gasteiger partial charge in [-0.15, -0.1) is 0 Å². The first kappa shape index (κ1) is 28.8. The molecule has 2 aromatic carbocycles. The molecule has 0 spiro atoms. The Bertz CT molecular complexity index is 1190. The number of rotatable bonds is 9. The molecule has 0 bridgehead atoms. The van der Waals surface area contributed by atoms with Crippen LogP contribution in [-0.4, -0.2) is 104 Å². The highest BCUT2D eigenvalue weighted by molar-refractivity contribution is 5.76. The third-order valence-electron chi connectivity index (χ3n) is 9.47. The SMILES string of the molecule is O=C(CC[C@@H]1CN(CC(c2ccccc2)c2ccccc2)CC[C@@H]1N1CCOCC1)N1CCN(c2ccccn2)CC1. The number of piperidine rings is 1. The Hall–Kier alpha value is -3.26. The van der Waals surface area contributed by atoms with Crippen LogP contribution in [0.1, 0.15) is 36.3 Å². The van der Waals surface area contributed by atoms with E-state index in [1.807, 2.05) is 18.3 Å². The fraction of sp³-hybridized carbons (Fsp3) is 0.486. The lowest BCUT2D eigenvalue weighted by atomic mass is 9.84. The van der Waals surface area contributed by atoms with Gasteiger partial charge in [0.25, 0.3) is 0 Å². The summed E-state index contributed by atoms with van der Waals surface area (Å²) in [5.74, 6) is 2.12. The standard InChI is InChI=1S/C35H45N5O2/c41-35(40-21-19-39(20-22-40)34-13-7-8-17-36-34)15-14-31-27-37(18-16-33(31)38-23-25-42-26-24-38)28-32(29-9-3-1-4-10-29)30-11-5-2-6-12-30/h1-13,17,31-33H,14-16,18-28H2/t31-,33+/m1/s1. The third kappa shape index (κ3) is 7.20. The van der Waals surface area contributed by atoms with E-state index >= 15 is 0 Å². The van der Waals surface area contributed by atoms with Crippen LogP contribution < -0.4 is 4.90 Å². The van der Waals surface area contributed by atoms with Gasteiger partial charge in [-0.2, -0.15) is 0 Å². The van der Waals surface area contributed by atoms with Crippen molar-refractivity contribution < 1.29 is 9.53 Å². The third-order valence-corrected chi connectivity index (χ3v) is 9.47. The lowest BCUT2D eigenvalue weighted by molar-refractivity contribution is -0.132. The quantitative estimate of drug-likeness (QED) is 0.383. The number of likely N-dealkylation sites (tertiary alicyclic amines) is 1. The average Bonchev–Trinajstić information content (AvgIpc) is 3.08. The molecule has 7 heteroatoms. The molecule has 1 aromatic heterocycles. The molecule has 1 amide bonds. The van der Waals surface area contributed by atoms with Crippen molar-refractivity contribution in [3.63, 3.8) is 0 Å². The second-order valence-corrected chi connectivity index (χ2v) is 12.0. The van der Waals surface area contributed by atoms with Gasteiger partial charge in [0.15, 0.2) is 0 Å². The van der Waals surface area contributed by atoms with Crippen molar-refractivity contribution in [2.45, 2.75) is 31.2 Å². The first-order valence-electron chi connectivity index (χ1n) is 15.8. The van der Waals surface area contributed by atoms with Crippen molar-refractivity contribution in [1.82, 2.24) is 19.7 Å². The second kappa shape index (κ2) is 14.3. The molecule has 222 valence electrons. The number of aromatic nitrogens is 1. The molecule has 42 heavy (non-hydrogen) atoms. The highest BCUT2D eigenvalue weighted by Gasteiger charge is 2.35. The molecule has 0 saturated carbocycles. The summed E-state index contributed by atoms with van der Waals surface area (Å²) in [5.41, 5.74) is 2.74. The van der Waals surface area contributed by atoms with E-state index in [-0.39, 0.29) is 0 Å². The van der Waals surface area contributed by atoms with Crippen molar-refractivity contribution in [3.05, 3.63) is 96.2 Å². The van der Waals surface area contributed by atoms with E-state index in [1.165, 1.54) is 11.1 Å². The Labute approximate surface area is 251 Å². The summed E-state index contributed by atoms with van der Waals surface area (Å²) >= 11 is 0. The van der Waals surface area contributed by atoms with Crippen LogP contribution in [0.2, 0.25) is 0 Å².